The highest BCUT2D eigenvalue weighted by Gasteiger charge is 2.11. The largest absolute Gasteiger partial charge is 0.489 e. The molecule has 102 valence electrons. The summed E-state index contributed by atoms with van der Waals surface area (Å²) in [4.78, 5) is 0. The standard InChI is InChI=1S/C12H17Cl2NO3/c1-7(2)18-12-4-11(9(13)3-10(12)14)15-5-8(17)6-16/h3-4,7-8,15-17H,5-6H2,1-2H3. The van der Waals surface area contributed by atoms with Gasteiger partial charge in [-0.05, 0) is 19.9 Å². The number of hydrogen-bond acceptors (Lipinski definition) is 4. The lowest BCUT2D eigenvalue weighted by atomic mass is 10.2. The third-order valence-corrected chi connectivity index (χ3v) is 2.73. The maximum atomic E-state index is 9.27. The molecular weight excluding hydrogens is 277 g/mol. The fraction of sp³-hybridized carbons (Fsp3) is 0.500. The number of rotatable bonds is 6. The first-order chi connectivity index (χ1) is 8.43. The van der Waals surface area contributed by atoms with Crippen LogP contribution in [-0.4, -0.2) is 35.6 Å². The van der Waals surface area contributed by atoms with E-state index >= 15 is 0 Å². The maximum absolute atomic E-state index is 9.27. The molecule has 0 saturated carbocycles. The number of halogens is 2. The number of nitrogens with one attached hydrogen (secondary N) is 1. The van der Waals surface area contributed by atoms with Gasteiger partial charge in [0, 0.05) is 12.6 Å². The molecule has 1 aromatic rings. The number of aliphatic hydroxyl groups excluding tert-OH is 2. The summed E-state index contributed by atoms with van der Waals surface area (Å²) >= 11 is 12.0. The van der Waals surface area contributed by atoms with Gasteiger partial charge in [-0.3, -0.25) is 0 Å². The Balaban J connectivity index is 2.84. The molecule has 0 radical (unpaired) electrons. The second kappa shape index (κ2) is 7.04. The summed E-state index contributed by atoms with van der Waals surface area (Å²) in [6.45, 7) is 3.67. The van der Waals surface area contributed by atoms with Gasteiger partial charge in [0.05, 0.1) is 34.5 Å². The first-order valence-electron chi connectivity index (χ1n) is 5.62. The topological polar surface area (TPSA) is 61.7 Å². The van der Waals surface area contributed by atoms with Crippen LogP contribution in [0, 0.1) is 0 Å². The molecule has 0 aliphatic carbocycles. The van der Waals surface area contributed by atoms with Gasteiger partial charge in [-0.1, -0.05) is 23.2 Å². The molecule has 0 fully saturated rings. The van der Waals surface area contributed by atoms with E-state index in [-0.39, 0.29) is 19.3 Å². The predicted octanol–water partition coefficient (Wildman–Crippen LogP) is 2.55. The van der Waals surface area contributed by atoms with Crippen LogP contribution in [0.25, 0.3) is 0 Å². The van der Waals surface area contributed by atoms with Gasteiger partial charge in [0.2, 0.25) is 0 Å². The van der Waals surface area contributed by atoms with E-state index in [1.54, 1.807) is 12.1 Å². The fourth-order valence-electron chi connectivity index (χ4n) is 1.30. The van der Waals surface area contributed by atoms with Crippen LogP contribution in [-0.2, 0) is 0 Å². The quantitative estimate of drug-likeness (QED) is 0.754. The van der Waals surface area contributed by atoms with Crippen molar-refractivity contribution < 1.29 is 14.9 Å². The first kappa shape index (κ1) is 15.4. The third-order valence-electron chi connectivity index (χ3n) is 2.12. The zero-order valence-corrected chi connectivity index (χ0v) is 11.8. The van der Waals surface area contributed by atoms with Crippen molar-refractivity contribution >= 4 is 28.9 Å². The summed E-state index contributed by atoms with van der Waals surface area (Å²) in [6, 6.07) is 3.25. The predicted molar refractivity (Wildman–Crippen MR) is 73.8 cm³/mol. The van der Waals surface area contributed by atoms with Crippen LogP contribution in [0.4, 0.5) is 5.69 Å². The second-order valence-corrected chi connectivity index (χ2v) is 4.96. The maximum Gasteiger partial charge on any atom is 0.140 e. The minimum atomic E-state index is -0.841. The molecule has 0 heterocycles. The molecule has 3 N–H and O–H groups in total. The number of aliphatic hydroxyl groups is 2. The van der Waals surface area contributed by atoms with Crippen molar-refractivity contribution in [2.45, 2.75) is 26.1 Å². The van der Waals surface area contributed by atoms with Crippen molar-refractivity contribution in [3.8, 4) is 5.75 Å². The highest BCUT2D eigenvalue weighted by Crippen LogP contribution is 2.34. The summed E-state index contributed by atoms with van der Waals surface area (Å²) in [5.74, 6) is 0.525. The minimum Gasteiger partial charge on any atom is -0.489 e. The van der Waals surface area contributed by atoms with E-state index in [4.69, 9.17) is 33.0 Å². The highest BCUT2D eigenvalue weighted by molar-refractivity contribution is 6.37. The molecule has 4 nitrogen and oxygen atoms in total. The molecule has 0 bridgehead atoms. The normalized spacial score (nSPS) is 12.6. The summed E-state index contributed by atoms with van der Waals surface area (Å²) in [7, 11) is 0. The molecule has 1 atom stereocenters. The van der Waals surface area contributed by atoms with Crippen LogP contribution >= 0.6 is 23.2 Å². The Morgan fingerprint density at radius 3 is 2.50 bits per heavy atom. The number of anilines is 1. The van der Waals surface area contributed by atoms with Crippen LogP contribution in [0.1, 0.15) is 13.8 Å². The van der Waals surface area contributed by atoms with Crippen molar-refractivity contribution in [1.29, 1.82) is 0 Å². The summed E-state index contributed by atoms with van der Waals surface area (Å²) in [6.07, 6.45) is -0.842. The van der Waals surface area contributed by atoms with Crippen LogP contribution in [0.3, 0.4) is 0 Å². The summed E-state index contributed by atoms with van der Waals surface area (Å²) < 4.78 is 5.53. The van der Waals surface area contributed by atoms with Crippen molar-refractivity contribution in [2.24, 2.45) is 0 Å². The van der Waals surface area contributed by atoms with Crippen molar-refractivity contribution in [3.05, 3.63) is 22.2 Å². The molecule has 1 aromatic carbocycles. The molecule has 0 aliphatic rings. The zero-order valence-electron chi connectivity index (χ0n) is 10.3. The van der Waals surface area contributed by atoms with E-state index in [1.807, 2.05) is 13.8 Å². The molecule has 6 heteroatoms. The second-order valence-electron chi connectivity index (χ2n) is 4.15. The van der Waals surface area contributed by atoms with Gasteiger partial charge in [0.15, 0.2) is 0 Å². The van der Waals surface area contributed by atoms with Gasteiger partial charge in [0.1, 0.15) is 5.75 Å². The summed E-state index contributed by atoms with van der Waals surface area (Å²) in [5, 5.41) is 21.8. The molecule has 0 saturated heterocycles. The number of benzene rings is 1. The Morgan fingerprint density at radius 1 is 1.28 bits per heavy atom. The van der Waals surface area contributed by atoms with Gasteiger partial charge in [-0.25, -0.2) is 0 Å². The molecule has 0 aromatic heterocycles. The molecule has 18 heavy (non-hydrogen) atoms. The van der Waals surface area contributed by atoms with Crippen LogP contribution in [0.5, 0.6) is 5.75 Å². The smallest absolute Gasteiger partial charge is 0.140 e. The van der Waals surface area contributed by atoms with E-state index in [0.29, 0.717) is 21.5 Å². The SMILES string of the molecule is CC(C)Oc1cc(NCC(O)CO)c(Cl)cc1Cl. The van der Waals surface area contributed by atoms with Crippen LogP contribution in [0.2, 0.25) is 10.0 Å². The first-order valence-corrected chi connectivity index (χ1v) is 6.38. The van der Waals surface area contributed by atoms with Crippen LogP contribution < -0.4 is 10.1 Å². The van der Waals surface area contributed by atoms with Gasteiger partial charge >= 0.3 is 0 Å². The lowest BCUT2D eigenvalue weighted by molar-refractivity contribution is 0.105. The third kappa shape index (κ3) is 4.53. The molecule has 0 aliphatic heterocycles. The molecule has 1 rings (SSSR count). The van der Waals surface area contributed by atoms with Crippen LogP contribution in [0.15, 0.2) is 12.1 Å². The Kier molecular flexibility index (Phi) is 6.02. The lowest BCUT2D eigenvalue weighted by Crippen LogP contribution is -2.23. The summed E-state index contributed by atoms with van der Waals surface area (Å²) in [5.41, 5.74) is 0.601. The number of hydrogen-bond donors (Lipinski definition) is 3. The minimum absolute atomic E-state index is 0.000410. The van der Waals surface area contributed by atoms with Crippen molar-refractivity contribution in [2.75, 3.05) is 18.5 Å². The molecule has 0 spiro atoms. The molecular formula is C12H17Cl2NO3. The average Bonchev–Trinajstić information content (AvgIpc) is 2.30. The fourth-order valence-corrected chi connectivity index (χ4v) is 1.80. The van der Waals surface area contributed by atoms with Gasteiger partial charge in [-0.2, -0.15) is 0 Å². The van der Waals surface area contributed by atoms with Crippen molar-refractivity contribution in [3.63, 3.8) is 0 Å². The van der Waals surface area contributed by atoms with Gasteiger partial charge in [0.25, 0.3) is 0 Å². The Bertz CT molecular complexity index is 399. The van der Waals surface area contributed by atoms with Gasteiger partial charge < -0.3 is 20.3 Å². The van der Waals surface area contributed by atoms with E-state index in [9.17, 15) is 5.11 Å². The lowest BCUT2D eigenvalue weighted by Gasteiger charge is -2.16. The average molecular weight is 294 g/mol. The Hall–Kier alpha value is -0.680. The zero-order chi connectivity index (χ0) is 13.7. The van der Waals surface area contributed by atoms with E-state index in [0.717, 1.165) is 0 Å². The highest BCUT2D eigenvalue weighted by atomic mass is 35.5. The van der Waals surface area contributed by atoms with Crippen molar-refractivity contribution in [1.82, 2.24) is 0 Å². The van der Waals surface area contributed by atoms with E-state index < -0.39 is 6.10 Å². The van der Waals surface area contributed by atoms with E-state index in [2.05, 4.69) is 5.32 Å². The Labute approximate surface area is 116 Å². The van der Waals surface area contributed by atoms with Gasteiger partial charge in [-0.15, -0.1) is 0 Å². The molecule has 0 amide bonds. The Morgan fingerprint density at radius 2 is 1.94 bits per heavy atom. The number of ether oxygens (including phenoxy) is 1. The molecule has 1 unspecified atom stereocenters. The monoisotopic (exact) mass is 293 g/mol. The van der Waals surface area contributed by atoms with E-state index in [1.165, 1.54) is 0 Å².